The van der Waals surface area contributed by atoms with E-state index in [1.54, 1.807) is 11.3 Å². The fraction of sp³-hybridized carbons (Fsp3) is 0.438. The molecule has 1 fully saturated rings. The standard InChI is InChI=1S/C16H20N4O2S2/c21-14(17-8-11-22-13-6-2-1-3-7-13)12-23-16-19-18-15(24-16)20-9-4-5-10-20/h1-3,6-7H,4-5,8-12H2,(H,17,21). The third-order valence-electron chi connectivity index (χ3n) is 3.54. The lowest BCUT2D eigenvalue weighted by molar-refractivity contribution is -0.118. The molecular formula is C16H20N4O2S2. The van der Waals surface area contributed by atoms with Crippen LogP contribution in [0.4, 0.5) is 5.13 Å². The van der Waals surface area contributed by atoms with Crippen molar-refractivity contribution in [1.82, 2.24) is 15.5 Å². The van der Waals surface area contributed by atoms with Gasteiger partial charge >= 0.3 is 0 Å². The van der Waals surface area contributed by atoms with Crippen molar-refractivity contribution in [2.75, 3.05) is 36.9 Å². The number of carbonyl (C=O) groups excluding carboxylic acids is 1. The van der Waals surface area contributed by atoms with Gasteiger partial charge in [0.15, 0.2) is 4.34 Å². The molecule has 0 spiro atoms. The molecule has 1 aliphatic rings. The van der Waals surface area contributed by atoms with E-state index >= 15 is 0 Å². The molecule has 3 rings (SSSR count). The minimum atomic E-state index is -0.0189. The van der Waals surface area contributed by atoms with Crippen LogP contribution >= 0.6 is 23.1 Å². The molecule has 0 atom stereocenters. The quantitative estimate of drug-likeness (QED) is 0.573. The third-order valence-corrected chi connectivity index (χ3v) is 5.65. The average molecular weight is 364 g/mol. The van der Waals surface area contributed by atoms with Crippen LogP contribution in [0.1, 0.15) is 12.8 Å². The predicted octanol–water partition coefficient (Wildman–Crippen LogP) is 2.43. The highest BCUT2D eigenvalue weighted by atomic mass is 32.2. The summed E-state index contributed by atoms with van der Waals surface area (Å²) in [6, 6.07) is 9.57. The normalized spacial score (nSPS) is 13.9. The largest absolute Gasteiger partial charge is 0.492 e. The van der Waals surface area contributed by atoms with Crippen molar-refractivity contribution in [3.8, 4) is 5.75 Å². The van der Waals surface area contributed by atoms with Crippen LogP contribution in [0.15, 0.2) is 34.7 Å². The summed E-state index contributed by atoms with van der Waals surface area (Å²) >= 11 is 2.99. The number of hydrogen-bond donors (Lipinski definition) is 1. The summed E-state index contributed by atoms with van der Waals surface area (Å²) in [6.07, 6.45) is 2.44. The maximum Gasteiger partial charge on any atom is 0.230 e. The molecule has 24 heavy (non-hydrogen) atoms. The Bertz CT molecular complexity index is 645. The fourth-order valence-corrected chi connectivity index (χ4v) is 4.07. The summed E-state index contributed by atoms with van der Waals surface area (Å²) in [6.45, 7) is 3.06. The molecule has 0 saturated carbocycles. The van der Waals surface area contributed by atoms with E-state index in [2.05, 4.69) is 20.4 Å². The van der Waals surface area contributed by atoms with E-state index in [1.165, 1.54) is 24.6 Å². The lowest BCUT2D eigenvalue weighted by Gasteiger charge is -2.10. The minimum Gasteiger partial charge on any atom is -0.492 e. The zero-order valence-corrected chi connectivity index (χ0v) is 14.9. The van der Waals surface area contributed by atoms with Crippen LogP contribution in [0.25, 0.3) is 0 Å². The Balaban J connectivity index is 1.32. The van der Waals surface area contributed by atoms with Crippen molar-refractivity contribution in [3.63, 3.8) is 0 Å². The number of nitrogens with one attached hydrogen (secondary N) is 1. The van der Waals surface area contributed by atoms with E-state index in [-0.39, 0.29) is 5.91 Å². The average Bonchev–Trinajstić information content (AvgIpc) is 3.29. The first-order chi connectivity index (χ1) is 11.8. The third kappa shape index (κ3) is 5.10. The Morgan fingerprint density at radius 3 is 2.83 bits per heavy atom. The van der Waals surface area contributed by atoms with Gasteiger partial charge in [0.1, 0.15) is 12.4 Å². The van der Waals surface area contributed by atoms with Crippen molar-refractivity contribution in [3.05, 3.63) is 30.3 Å². The first kappa shape index (κ1) is 17.0. The maximum atomic E-state index is 11.8. The highest BCUT2D eigenvalue weighted by molar-refractivity contribution is 8.01. The first-order valence-electron chi connectivity index (χ1n) is 7.97. The van der Waals surface area contributed by atoms with Crippen LogP contribution in [0.5, 0.6) is 5.75 Å². The van der Waals surface area contributed by atoms with Crippen molar-refractivity contribution in [2.45, 2.75) is 17.2 Å². The highest BCUT2D eigenvalue weighted by Crippen LogP contribution is 2.29. The van der Waals surface area contributed by atoms with Crippen LogP contribution in [0.3, 0.4) is 0 Å². The summed E-state index contributed by atoms with van der Waals surface area (Å²) in [7, 11) is 0. The molecule has 8 heteroatoms. The number of thioether (sulfide) groups is 1. The minimum absolute atomic E-state index is 0.0189. The van der Waals surface area contributed by atoms with Gasteiger partial charge in [0.25, 0.3) is 0 Å². The molecule has 1 amide bonds. The number of ether oxygens (including phenoxy) is 1. The Labute approximate surface area is 149 Å². The van der Waals surface area contributed by atoms with E-state index in [0.717, 1.165) is 28.3 Å². The van der Waals surface area contributed by atoms with E-state index in [4.69, 9.17) is 4.74 Å². The van der Waals surface area contributed by atoms with Gasteiger partial charge in [-0.3, -0.25) is 4.79 Å². The Morgan fingerprint density at radius 1 is 1.25 bits per heavy atom. The van der Waals surface area contributed by atoms with Crippen molar-refractivity contribution >= 4 is 34.1 Å². The molecule has 1 N–H and O–H groups in total. The zero-order chi connectivity index (χ0) is 16.6. The first-order valence-corrected chi connectivity index (χ1v) is 9.77. The lowest BCUT2D eigenvalue weighted by Crippen LogP contribution is -2.29. The molecule has 2 heterocycles. The summed E-state index contributed by atoms with van der Waals surface area (Å²) in [4.78, 5) is 14.1. The number of benzene rings is 1. The SMILES string of the molecule is O=C(CSc1nnc(N2CCCC2)s1)NCCOc1ccccc1. The van der Waals surface area contributed by atoms with E-state index in [0.29, 0.717) is 18.9 Å². The second kappa shape index (κ2) is 8.89. The van der Waals surface area contributed by atoms with E-state index in [1.807, 2.05) is 30.3 Å². The van der Waals surface area contributed by atoms with Gasteiger partial charge in [-0.05, 0) is 25.0 Å². The van der Waals surface area contributed by atoms with Gasteiger partial charge in [0, 0.05) is 13.1 Å². The predicted molar refractivity (Wildman–Crippen MR) is 97.0 cm³/mol. The van der Waals surface area contributed by atoms with Gasteiger partial charge in [0.2, 0.25) is 11.0 Å². The van der Waals surface area contributed by atoms with Crippen molar-refractivity contribution in [2.24, 2.45) is 0 Å². The molecule has 0 radical (unpaired) electrons. The van der Waals surface area contributed by atoms with Crippen LogP contribution in [-0.2, 0) is 4.79 Å². The topological polar surface area (TPSA) is 67.4 Å². The summed E-state index contributed by atoms with van der Waals surface area (Å²) in [5.41, 5.74) is 0. The number of hydrogen-bond acceptors (Lipinski definition) is 7. The van der Waals surface area contributed by atoms with Crippen molar-refractivity contribution in [1.29, 1.82) is 0 Å². The molecule has 1 aromatic heterocycles. The van der Waals surface area contributed by atoms with Crippen LogP contribution in [0, 0.1) is 0 Å². The fourth-order valence-electron chi connectivity index (χ4n) is 2.35. The molecule has 1 aromatic carbocycles. The maximum absolute atomic E-state index is 11.8. The number of amides is 1. The van der Waals surface area contributed by atoms with Crippen LogP contribution in [0.2, 0.25) is 0 Å². The van der Waals surface area contributed by atoms with E-state index < -0.39 is 0 Å². The Hall–Kier alpha value is -1.80. The van der Waals surface area contributed by atoms with Gasteiger partial charge < -0.3 is 15.0 Å². The molecule has 0 unspecified atom stereocenters. The Morgan fingerprint density at radius 2 is 2.04 bits per heavy atom. The number of para-hydroxylation sites is 1. The summed E-state index contributed by atoms with van der Waals surface area (Å²) in [5.74, 6) is 1.14. The van der Waals surface area contributed by atoms with Crippen molar-refractivity contribution < 1.29 is 9.53 Å². The molecule has 6 nitrogen and oxygen atoms in total. The van der Waals surface area contributed by atoms with Gasteiger partial charge in [0.05, 0.1) is 12.3 Å². The number of rotatable bonds is 8. The summed E-state index contributed by atoms with van der Waals surface area (Å²) in [5, 5.41) is 12.2. The number of anilines is 1. The lowest BCUT2D eigenvalue weighted by atomic mass is 10.3. The van der Waals surface area contributed by atoms with Crippen LogP contribution in [-0.4, -0.2) is 48.1 Å². The number of aromatic nitrogens is 2. The smallest absolute Gasteiger partial charge is 0.230 e. The molecule has 1 saturated heterocycles. The molecular weight excluding hydrogens is 344 g/mol. The second-order valence-corrected chi connectivity index (χ2v) is 7.52. The van der Waals surface area contributed by atoms with E-state index in [9.17, 15) is 4.79 Å². The monoisotopic (exact) mass is 364 g/mol. The summed E-state index contributed by atoms with van der Waals surface area (Å²) < 4.78 is 6.37. The second-order valence-electron chi connectivity index (χ2n) is 5.34. The molecule has 128 valence electrons. The van der Waals surface area contributed by atoms with Gasteiger partial charge in [-0.25, -0.2) is 0 Å². The van der Waals surface area contributed by atoms with Crippen LogP contribution < -0.4 is 15.0 Å². The molecule has 2 aromatic rings. The van der Waals surface area contributed by atoms with Gasteiger partial charge in [-0.15, -0.1) is 10.2 Å². The molecule has 1 aliphatic heterocycles. The Kier molecular flexibility index (Phi) is 6.31. The zero-order valence-electron chi connectivity index (χ0n) is 13.3. The molecule has 0 aliphatic carbocycles. The number of carbonyl (C=O) groups is 1. The number of nitrogens with zero attached hydrogens (tertiary/aromatic N) is 3. The van der Waals surface area contributed by atoms with Gasteiger partial charge in [-0.2, -0.15) is 0 Å². The van der Waals surface area contributed by atoms with Gasteiger partial charge in [-0.1, -0.05) is 41.3 Å². The molecule has 0 bridgehead atoms. The highest BCUT2D eigenvalue weighted by Gasteiger charge is 2.17.